The highest BCUT2D eigenvalue weighted by molar-refractivity contribution is 14.0. The molecule has 0 aromatic heterocycles. The van der Waals surface area contributed by atoms with E-state index >= 15 is 0 Å². The first kappa shape index (κ1) is 29.1. The summed E-state index contributed by atoms with van der Waals surface area (Å²) < 4.78 is 32.0. The largest absolute Gasteiger partial charge is 0.381 e. The number of nitrogens with zero attached hydrogens (tertiary/aromatic N) is 2. The monoisotopic (exact) mass is 554 g/mol. The summed E-state index contributed by atoms with van der Waals surface area (Å²) in [5.41, 5.74) is 0.952. The van der Waals surface area contributed by atoms with Gasteiger partial charge in [-0.2, -0.15) is 4.31 Å². The van der Waals surface area contributed by atoms with Crippen LogP contribution in [-0.4, -0.2) is 58.1 Å². The number of guanidine groups is 1. The topological polar surface area (TPSA) is 83.0 Å². The molecule has 0 spiro atoms. The molecule has 0 saturated carbocycles. The maximum atomic E-state index is 12.5. The van der Waals surface area contributed by atoms with E-state index in [0.29, 0.717) is 17.4 Å². The first-order chi connectivity index (χ1) is 13.7. The Labute approximate surface area is 200 Å². The average Bonchev–Trinajstić information content (AvgIpc) is 2.67. The Morgan fingerprint density at radius 3 is 2.30 bits per heavy atom. The van der Waals surface area contributed by atoms with Crippen molar-refractivity contribution < 1.29 is 13.2 Å². The van der Waals surface area contributed by atoms with Gasteiger partial charge in [0.1, 0.15) is 0 Å². The molecule has 0 bridgehead atoms. The van der Waals surface area contributed by atoms with Gasteiger partial charge in [-0.05, 0) is 50.8 Å². The van der Waals surface area contributed by atoms with Crippen molar-refractivity contribution in [1.82, 2.24) is 14.9 Å². The summed E-state index contributed by atoms with van der Waals surface area (Å²) in [5.74, 6) is 1.29. The molecule has 0 unspecified atom stereocenters. The van der Waals surface area contributed by atoms with E-state index in [1.165, 1.54) is 4.31 Å². The predicted molar refractivity (Wildman–Crippen MR) is 135 cm³/mol. The summed E-state index contributed by atoms with van der Waals surface area (Å²) in [6.45, 7) is 13.5. The maximum absolute atomic E-state index is 12.5. The Hall–Kier alpha value is -0.910. The smallest absolute Gasteiger partial charge is 0.243 e. The van der Waals surface area contributed by atoms with E-state index in [9.17, 15) is 8.42 Å². The molecule has 1 aromatic rings. The number of hydrogen-bond donors (Lipinski definition) is 2. The van der Waals surface area contributed by atoms with Gasteiger partial charge in [-0.1, -0.05) is 26.0 Å². The van der Waals surface area contributed by atoms with Crippen LogP contribution >= 0.6 is 24.0 Å². The summed E-state index contributed by atoms with van der Waals surface area (Å²) in [6, 6.07) is 6.83. The number of aliphatic imine (C=N–C) groups is 1. The fourth-order valence-corrected chi connectivity index (χ4v) is 3.79. The normalized spacial score (nSPS) is 12.4. The second-order valence-electron chi connectivity index (χ2n) is 7.70. The lowest BCUT2D eigenvalue weighted by Gasteiger charge is -2.21. The molecule has 0 aliphatic heterocycles. The molecule has 0 radical (unpaired) electrons. The van der Waals surface area contributed by atoms with E-state index in [0.717, 1.165) is 44.2 Å². The van der Waals surface area contributed by atoms with Crippen LogP contribution in [0.3, 0.4) is 0 Å². The number of halogens is 1. The Morgan fingerprint density at radius 1 is 1.13 bits per heavy atom. The fourth-order valence-electron chi connectivity index (χ4n) is 2.42. The lowest BCUT2D eigenvalue weighted by Crippen LogP contribution is -2.38. The van der Waals surface area contributed by atoms with Gasteiger partial charge in [0.2, 0.25) is 10.0 Å². The number of hydrogen-bond acceptors (Lipinski definition) is 4. The van der Waals surface area contributed by atoms with Crippen molar-refractivity contribution in [3.05, 3.63) is 29.8 Å². The first-order valence-corrected chi connectivity index (χ1v) is 11.8. The molecule has 0 heterocycles. The second-order valence-corrected chi connectivity index (χ2v) is 9.70. The molecule has 0 aliphatic carbocycles. The van der Waals surface area contributed by atoms with Crippen LogP contribution in [-0.2, 0) is 21.3 Å². The molecule has 0 saturated heterocycles. The Balaban J connectivity index is 0.00000841. The van der Waals surface area contributed by atoms with Crippen LogP contribution in [0.25, 0.3) is 0 Å². The van der Waals surface area contributed by atoms with Crippen molar-refractivity contribution in [2.45, 2.75) is 58.5 Å². The average molecular weight is 555 g/mol. The van der Waals surface area contributed by atoms with Crippen LogP contribution in [0.15, 0.2) is 34.2 Å². The predicted octanol–water partition coefficient (Wildman–Crippen LogP) is 3.45. The Kier molecular flexibility index (Phi) is 14.5. The Morgan fingerprint density at radius 2 is 1.77 bits per heavy atom. The van der Waals surface area contributed by atoms with Crippen molar-refractivity contribution >= 4 is 40.0 Å². The molecule has 30 heavy (non-hydrogen) atoms. The van der Waals surface area contributed by atoms with Crippen LogP contribution in [0.2, 0.25) is 0 Å². The minimum atomic E-state index is -3.46. The van der Waals surface area contributed by atoms with E-state index in [1.807, 2.05) is 32.9 Å². The van der Waals surface area contributed by atoms with Crippen molar-refractivity contribution in [2.24, 2.45) is 10.9 Å². The van der Waals surface area contributed by atoms with Crippen molar-refractivity contribution in [2.75, 3.05) is 33.4 Å². The molecule has 0 aliphatic rings. The number of benzene rings is 1. The third kappa shape index (κ3) is 10.4. The van der Waals surface area contributed by atoms with Gasteiger partial charge in [-0.15, -0.1) is 24.0 Å². The van der Waals surface area contributed by atoms with Gasteiger partial charge in [0, 0.05) is 39.4 Å². The zero-order chi connectivity index (χ0) is 21.9. The van der Waals surface area contributed by atoms with Crippen molar-refractivity contribution in [1.29, 1.82) is 0 Å². The number of rotatable bonds is 12. The number of sulfonamides is 1. The maximum Gasteiger partial charge on any atom is 0.243 e. The molecular formula is C21H39IN4O3S. The van der Waals surface area contributed by atoms with Gasteiger partial charge >= 0.3 is 0 Å². The molecule has 2 N–H and O–H groups in total. The van der Waals surface area contributed by atoms with Crippen LogP contribution in [0.4, 0.5) is 0 Å². The fraction of sp³-hybridized carbons (Fsp3) is 0.667. The molecule has 9 heteroatoms. The van der Waals surface area contributed by atoms with Crippen LogP contribution in [0.1, 0.15) is 46.6 Å². The van der Waals surface area contributed by atoms with Crippen molar-refractivity contribution in [3.63, 3.8) is 0 Å². The minimum absolute atomic E-state index is 0. The van der Waals surface area contributed by atoms with Crippen molar-refractivity contribution in [3.8, 4) is 0 Å². The number of ether oxygens (including phenoxy) is 1. The molecule has 174 valence electrons. The van der Waals surface area contributed by atoms with Gasteiger partial charge in [0.15, 0.2) is 5.96 Å². The van der Waals surface area contributed by atoms with E-state index in [4.69, 9.17) is 4.74 Å². The van der Waals surface area contributed by atoms with Gasteiger partial charge in [0.05, 0.1) is 11.4 Å². The Bertz CT molecular complexity index is 722. The van der Waals surface area contributed by atoms with E-state index in [-0.39, 0.29) is 30.0 Å². The molecule has 7 nitrogen and oxygen atoms in total. The van der Waals surface area contributed by atoms with Crippen LogP contribution in [0.5, 0.6) is 0 Å². The lowest BCUT2D eigenvalue weighted by molar-refractivity contribution is 0.108. The number of nitrogens with one attached hydrogen (secondary N) is 2. The van der Waals surface area contributed by atoms with Gasteiger partial charge in [-0.25, -0.2) is 13.4 Å². The highest BCUT2D eigenvalue weighted by atomic mass is 127. The molecular weight excluding hydrogens is 515 g/mol. The molecule has 1 aromatic carbocycles. The summed E-state index contributed by atoms with van der Waals surface area (Å²) in [5, 5.41) is 6.52. The van der Waals surface area contributed by atoms with Crippen LogP contribution in [0, 0.1) is 5.92 Å². The third-order valence-electron chi connectivity index (χ3n) is 4.30. The molecule has 0 atom stereocenters. The van der Waals surface area contributed by atoms with E-state index in [2.05, 4.69) is 29.5 Å². The van der Waals surface area contributed by atoms with E-state index < -0.39 is 10.0 Å². The highest BCUT2D eigenvalue weighted by Crippen LogP contribution is 2.17. The highest BCUT2D eigenvalue weighted by Gasteiger charge is 2.22. The molecule has 1 rings (SSSR count). The zero-order valence-electron chi connectivity index (χ0n) is 19.1. The summed E-state index contributed by atoms with van der Waals surface area (Å²) in [7, 11) is -1.86. The van der Waals surface area contributed by atoms with E-state index in [1.54, 1.807) is 19.2 Å². The van der Waals surface area contributed by atoms with Gasteiger partial charge in [0.25, 0.3) is 0 Å². The quantitative estimate of drug-likeness (QED) is 0.179. The van der Waals surface area contributed by atoms with Crippen LogP contribution < -0.4 is 10.6 Å². The first-order valence-electron chi connectivity index (χ1n) is 10.3. The van der Waals surface area contributed by atoms with Gasteiger partial charge in [-0.3, -0.25) is 0 Å². The summed E-state index contributed by atoms with van der Waals surface area (Å²) in [4.78, 5) is 4.88. The lowest BCUT2D eigenvalue weighted by atomic mass is 10.2. The van der Waals surface area contributed by atoms with Gasteiger partial charge < -0.3 is 15.4 Å². The summed E-state index contributed by atoms with van der Waals surface area (Å²) >= 11 is 0. The minimum Gasteiger partial charge on any atom is -0.381 e. The zero-order valence-corrected chi connectivity index (χ0v) is 22.3. The SMILES string of the molecule is CCNC(=NCc1ccc(S(=O)(=O)N(C)C(C)C)cc1)NCCCOCC(C)C.I. The molecule has 0 fully saturated rings. The summed E-state index contributed by atoms with van der Waals surface area (Å²) in [6.07, 6.45) is 0.910. The molecule has 0 amide bonds. The standard InChI is InChI=1S/C21H38N4O3S.HI/c1-7-22-21(23-13-8-14-28-16-17(2)3)24-15-19-9-11-20(12-10-19)29(26,27)25(6)18(4)5;/h9-12,17-18H,7-8,13-16H2,1-6H3,(H2,22,23,24);1H. The second kappa shape index (κ2) is 15.0. The third-order valence-corrected chi connectivity index (χ3v) is 6.35.